The summed E-state index contributed by atoms with van der Waals surface area (Å²) >= 11 is 0. The fraction of sp³-hybridized carbons (Fsp3) is 0.500. The minimum Gasteiger partial charge on any atom is -0.495 e. The van der Waals surface area contributed by atoms with Crippen LogP contribution < -0.4 is 4.74 Å². The van der Waals surface area contributed by atoms with E-state index >= 15 is 0 Å². The van der Waals surface area contributed by atoms with Crippen molar-refractivity contribution in [3.8, 4) is 5.75 Å². The number of dihydropyridines is 1. The minimum atomic E-state index is -0.123. The van der Waals surface area contributed by atoms with Gasteiger partial charge < -0.3 is 9.84 Å². The van der Waals surface area contributed by atoms with Gasteiger partial charge in [0.05, 0.1) is 26.0 Å². The summed E-state index contributed by atoms with van der Waals surface area (Å²) in [5.74, 6) is 0.645. The second-order valence-corrected chi connectivity index (χ2v) is 5.92. The third kappa shape index (κ3) is 2.90. The topological polar surface area (TPSA) is 54.7 Å². The van der Waals surface area contributed by atoms with Crippen LogP contribution in [0.5, 0.6) is 5.75 Å². The molecule has 2 rings (SSSR count). The van der Waals surface area contributed by atoms with Gasteiger partial charge in [-0.15, -0.1) is 0 Å². The van der Waals surface area contributed by atoms with E-state index in [2.05, 4.69) is 36.8 Å². The number of aliphatic imine (C=N–C) groups is 1. The molecule has 1 aromatic rings. The van der Waals surface area contributed by atoms with E-state index in [-0.39, 0.29) is 12.0 Å². The summed E-state index contributed by atoms with van der Waals surface area (Å²) in [7, 11) is 1.61. The highest BCUT2D eigenvalue weighted by Gasteiger charge is 2.24. The normalized spacial score (nSPS) is 15.2. The van der Waals surface area contributed by atoms with Crippen molar-refractivity contribution >= 4 is 11.8 Å². The summed E-state index contributed by atoms with van der Waals surface area (Å²) in [6, 6.07) is 2.00. The van der Waals surface area contributed by atoms with E-state index in [4.69, 9.17) is 4.74 Å². The Morgan fingerprint density at radius 2 is 2.10 bits per heavy atom. The highest BCUT2D eigenvalue weighted by Crippen LogP contribution is 2.34. The monoisotopic (exact) mass is 274 g/mol. The first-order chi connectivity index (χ1) is 9.47. The van der Waals surface area contributed by atoms with Gasteiger partial charge in [0.2, 0.25) is 0 Å². The maximum absolute atomic E-state index is 9.48. The molecule has 0 saturated heterocycles. The van der Waals surface area contributed by atoms with Crippen LogP contribution in [-0.4, -0.2) is 30.0 Å². The average Bonchev–Trinajstić information content (AvgIpc) is 2.45. The smallest absolute Gasteiger partial charge is 0.143 e. The molecule has 1 aliphatic rings. The third-order valence-electron chi connectivity index (χ3n) is 3.43. The molecule has 0 bridgehead atoms. The van der Waals surface area contributed by atoms with Crippen molar-refractivity contribution in [1.29, 1.82) is 0 Å². The van der Waals surface area contributed by atoms with E-state index in [0.717, 1.165) is 17.7 Å². The van der Waals surface area contributed by atoms with Gasteiger partial charge in [0, 0.05) is 12.6 Å². The first-order valence-corrected chi connectivity index (χ1v) is 6.84. The number of aromatic nitrogens is 1. The Morgan fingerprint density at radius 3 is 2.60 bits per heavy atom. The average molecular weight is 274 g/mol. The molecule has 0 aliphatic carbocycles. The van der Waals surface area contributed by atoms with Crippen LogP contribution in [0.2, 0.25) is 0 Å². The SMILES string of the molecule is COc1cc(C(C)(C)C)c(C2=CCN=CC2)nc1CO. The Balaban J connectivity index is 2.60. The molecular formula is C16H22N2O2. The zero-order valence-corrected chi connectivity index (χ0v) is 12.6. The summed E-state index contributed by atoms with van der Waals surface area (Å²) in [6.07, 6.45) is 4.81. The maximum Gasteiger partial charge on any atom is 0.143 e. The molecule has 0 aromatic carbocycles. The van der Waals surface area contributed by atoms with E-state index in [9.17, 15) is 5.11 Å². The van der Waals surface area contributed by atoms with Crippen LogP contribution in [0.1, 0.15) is 44.1 Å². The molecule has 4 nitrogen and oxygen atoms in total. The number of aliphatic hydroxyl groups excluding tert-OH is 1. The Bertz CT molecular complexity index is 554. The van der Waals surface area contributed by atoms with Crippen LogP contribution in [0, 0.1) is 0 Å². The van der Waals surface area contributed by atoms with Gasteiger partial charge in [-0.2, -0.15) is 0 Å². The van der Waals surface area contributed by atoms with Gasteiger partial charge >= 0.3 is 0 Å². The van der Waals surface area contributed by atoms with Crippen molar-refractivity contribution < 1.29 is 9.84 Å². The lowest BCUT2D eigenvalue weighted by molar-refractivity contribution is 0.267. The number of nitrogens with zero attached hydrogens (tertiary/aromatic N) is 2. The first-order valence-electron chi connectivity index (χ1n) is 6.84. The summed E-state index contributed by atoms with van der Waals surface area (Å²) in [5, 5.41) is 9.48. The molecule has 108 valence electrons. The van der Waals surface area contributed by atoms with Crippen molar-refractivity contribution in [1.82, 2.24) is 4.98 Å². The molecule has 1 aromatic heterocycles. The fourth-order valence-corrected chi connectivity index (χ4v) is 2.32. The molecule has 0 amide bonds. The summed E-state index contributed by atoms with van der Waals surface area (Å²) in [5.41, 5.74) is 3.79. The number of methoxy groups -OCH3 is 1. The Morgan fingerprint density at radius 1 is 1.35 bits per heavy atom. The number of hydrogen-bond acceptors (Lipinski definition) is 4. The van der Waals surface area contributed by atoms with Crippen LogP contribution in [0.25, 0.3) is 5.57 Å². The van der Waals surface area contributed by atoms with Crippen molar-refractivity contribution in [2.24, 2.45) is 4.99 Å². The van der Waals surface area contributed by atoms with Crippen molar-refractivity contribution in [3.05, 3.63) is 29.1 Å². The minimum absolute atomic E-state index is 0.0426. The van der Waals surface area contributed by atoms with Crippen molar-refractivity contribution in [3.63, 3.8) is 0 Å². The summed E-state index contributed by atoms with van der Waals surface area (Å²) < 4.78 is 5.35. The van der Waals surface area contributed by atoms with Gasteiger partial charge in [-0.05, 0) is 22.6 Å². The van der Waals surface area contributed by atoms with E-state index in [1.807, 2.05) is 12.3 Å². The van der Waals surface area contributed by atoms with Gasteiger partial charge in [-0.3, -0.25) is 4.99 Å². The number of aliphatic hydroxyl groups is 1. The van der Waals surface area contributed by atoms with E-state index in [0.29, 0.717) is 18.0 Å². The molecule has 0 saturated carbocycles. The molecule has 1 aliphatic heterocycles. The molecule has 1 N–H and O–H groups in total. The first kappa shape index (κ1) is 14.7. The largest absolute Gasteiger partial charge is 0.495 e. The van der Waals surface area contributed by atoms with Crippen LogP contribution >= 0.6 is 0 Å². The maximum atomic E-state index is 9.48. The van der Waals surface area contributed by atoms with Gasteiger partial charge in [0.25, 0.3) is 0 Å². The predicted octanol–water partition coefficient (Wildman–Crippen LogP) is 2.74. The van der Waals surface area contributed by atoms with Crippen molar-refractivity contribution in [2.75, 3.05) is 13.7 Å². The number of ether oxygens (including phenoxy) is 1. The van der Waals surface area contributed by atoms with E-state index in [1.165, 1.54) is 5.57 Å². The number of allylic oxidation sites excluding steroid dienone is 1. The Labute approximate surface area is 120 Å². The van der Waals surface area contributed by atoms with Crippen LogP contribution in [0.3, 0.4) is 0 Å². The number of hydrogen-bond donors (Lipinski definition) is 1. The van der Waals surface area contributed by atoms with E-state index in [1.54, 1.807) is 7.11 Å². The van der Waals surface area contributed by atoms with Crippen LogP contribution in [0.15, 0.2) is 17.1 Å². The number of pyridine rings is 1. The number of rotatable bonds is 3. The lowest BCUT2D eigenvalue weighted by Gasteiger charge is -2.25. The zero-order valence-electron chi connectivity index (χ0n) is 12.6. The molecule has 0 unspecified atom stereocenters. The van der Waals surface area contributed by atoms with E-state index < -0.39 is 0 Å². The quantitative estimate of drug-likeness (QED) is 0.922. The highest BCUT2D eigenvalue weighted by molar-refractivity contribution is 5.81. The molecular weight excluding hydrogens is 252 g/mol. The summed E-state index contributed by atoms with van der Waals surface area (Å²) in [4.78, 5) is 8.86. The van der Waals surface area contributed by atoms with Gasteiger partial charge in [-0.25, -0.2) is 4.98 Å². The molecule has 4 heteroatoms. The molecule has 20 heavy (non-hydrogen) atoms. The molecule has 2 heterocycles. The third-order valence-corrected chi connectivity index (χ3v) is 3.43. The fourth-order valence-electron chi connectivity index (χ4n) is 2.32. The second-order valence-electron chi connectivity index (χ2n) is 5.92. The lowest BCUT2D eigenvalue weighted by Crippen LogP contribution is -2.17. The van der Waals surface area contributed by atoms with Crippen molar-refractivity contribution in [2.45, 2.75) is 39.2 Å². The van der Waals surface area contributed by atoms with Gasteiger partial charge in [-0.1, -0.05) is 26.8 Å². The molecule has 0 radical (unpaired) electrons. The molecule has 0 fully saturated rings. The predicted molar refractivity (Wildman–Crippen MR) is 81.4 cm³/mol. The Kier molecular flexibility index (Phi) is 4.23. The zero-order chi connectivity index (χ0) is 14.8. The highest BCUT2D eigenvalue weighted by atomic mass is 16.5. The van der Waals surface area contributed by atoms with Crippen LogP contribution in [-0.2, 0) is 12.0 Å². The summed E-state index contributed by atoms with van der Waals surface area (Å²) in [6.45, 7) is 7.04. The van der Waals surface area contributed by atoms with Crippen LogP contribution in [0.4, 0.5) is 0 Å². The standard InChI is InChI=1S/C16H22N2O2/c1-16(2,3)12-9-14(20-4)13(10-19)18-15(12)11-5-7-17-8-6-11/h5,8-9,19H,6-7,10H2,1-4H3. The lowest BCUT2D eigenvalue weighted by atomic mass is 9.83. The molecule has 0 spiro atoms. The molecule has 0 atom stereocenters. The second kappa shape index (κ2) is 5.75. The van der Waals surface area contributed by atoms with Gasteiger partial charge in [0.15, 0.2) is 0 Å². The Hall–Kier alpha value is -1.68. The van der Waals surface area contributed by atoms with Gasteiger partial charge in [0.1, 0.15) is 11.4 Å².